The van der Waals surface area contributed by atoms with Gasteiger partial charge in [0.25, 0.3) is 0 Å². The van der Waals surface area contributed by atoms with Crippen molar-refractivity contribution in [3.63, 3.8) is 0 Å². The van der Waals surface area contributed by atoms with Crippen LogP contribution in [-0.4, -0.2) is 4.57 Å². The fourth-order valence-corrected chi connectivity index (χ4v) is 9.48. The molecule has 0 aliphatic carbocycles. The first-order chi connectivity index (χ1) is 27.2. The third-order valence-electron chi connectivity index (χ3n) is 10.8. The van der Waals surface area contributed by atoms with Crippen LogP contribution in [-0.2, 0) is 0 Å². The standard InChI is InChI=1S/C50H27N3OS/c51-28-35-23-32(30-10-2-1-3-11-30)24-36(29-52)48(35)34-22-33(31-18-21-47-42(27-31)39-13-6-9-17-46(39)55-47)25-37(26-34)53-43-15-7-4-14-41(43)49-44(53)20-19-40-38-12-5-8-16-45(38)54-50(40)49/h1-27H. The van der Waals surface area contributed by atoms with Crippen molar-refractivity contribution in [1.82, 2.24) is 4.57 Å². The minimum absolute atomic E-state index is 0.450. The van der Waals surface area contributed by atoms with Gasteiger partial charge in [-0.2, -0.15) is 10.5 Å². The smallest absolute Gasteiger partial charge is 0.145 e. The summed E-state index contributed by atoms with van der Waals surface area (Å²) in [5.41, 5.74) is 10.8. The Morgan fingerprint density at radius 2 is 1.13 bits per heavy atom. The number of thiophene rings is 1. The average Bonchev–Trinajstić information content (AvgIpc) is 3.92. The Morgan fingerprint density at radius 1 is 0.455 bits per heavy atom. The van der Waals surface area contributed by atoms with Crippen molar-refractivity contribution >= 4 is 75.3 Å². The van der Waals surface area contributed by atoms with E-state index in [2.05, 4.69) is 120 Å². The van der Waals surface area contributed by atoms with Gasteiger partial charge in [0.1, 0.15) is 11.2 Å². The van der Waals surface area contributed by atoms with E-state index in [-0.39, 0.29) is 0 Å². The van der Waals surface area contributed by atoms with Crippen LogP contribution in [0.25, 0.3) is 103 Å². The Kier molecular flexibility index (Phi) is 6.82. The molecule has 254 valence electrons. The number of aromatic nitrogens is 1. The van der Waals surface area contributed by atoms with Gasteiger partial charge in [-0.05, 0) is 101 Å². The first kappa shape index (κ1) is 31.1. The van der Waals surface area contributed by atoms with Gasteiger partial charge in [-0.15, -0.1) is 11.3 Å². The summed E-state index contributed by atoms with van der Waals surface area (Å²) in [6, 6.07) is 61.3. The van der Waals surface area contributed by atoms with Crippen molar-refractivity contribution in [2.75, 3.05) is 0 Å². The zero-order chi connectivity index (χ0) is 36.6. The zero-order valence-corrected chi connectivity index (χ0v) is 30.1. The van der Waals surface area contributed by atoms with Crippen LogP contribution in [0.2, 0.25) is 0 Å². The van der Waals surface area contributed by atoms with Crippen LogP contribution >= 0.6 is 11.3 Å². The van der Waals surface area contributed by atoms with Gasteiger partial charge in [-0.3, -0.25) is 0 Å². The summed E-state index contributed by atoms with van der Waals surface area (Å²) in [7, 11) is 0. The van der Waals surface area contributed by atoms with Crippen molar-refractivity contribution in [2.24, 2.45) is 0 Å². The summed E-state index contributed by atoms with van der Waals surface area (Å²) in [6.45, 7) is 0. The summed E-state index contributed by atoms with van der Waals surface area (Å²) in [6.07, 6.45) is 0. The molecule has 3 heterocycles. The molecule has 0 saturated carbocycles. The van der Waals surface area contributed by atoms with Crippen LogP contribution in [0, 0.1) is 22.7 Å². The van der Waals surface area contributed by atoms with Gasteiger partial charge >= 0.3 is 0 Å². The largest absolute Gasteiger partial charge is 0.455 e. The fraction of sp³-hybridized carbons (Fsp3) is 0. The molecule has 0 unspecified atom stereocenters. The SMILES string of the molecule is N#Cc1cc(-c2ccccc2)cc(C#N)c1-c1cc(-c2ccc3sc4ccccc4c3c2)cc(-n2c3ccccc3c3c4oc5ccccc5c4ccc32)c1. The molecule has 0 spiro atoms. The number of fused-ring (bicyclic) bond motifs is 10. The highest BCUT2D eigenvalue weighted by atomic mass is 32.1. The minimum atomic E-state index is 0.450. The molecule has 11 rings (SSSR count). The molecule has 5 heteroatoms. The lowest BCUT2D eigenvalue weighted by Crippen LogP contribution is -1.98. The van der Waals surface area contributed by atoms with Crippen LogP contribution in [0.5, 0.6) is 0 Å². The Bertz CT molecular complexity index is 3430. The molecule has 0 N–H and O–H groups in total. The summed E-state index contributed by atoms with van der Waals surface area (Å²) in [5.74, 6) is 0. The maximum absolute atomic E-state index is 10.7. The Morgan fingerprint density at radius 3 is 1.95 bits per heavy atom. The molecular weight excluding hydrogens is 691 g/mol. The molecule has 3 aromatic heterocycles. The molecule has 11 aromatic rings. The Labute approximate surface area is 319 Å². The van der Waals surface area contributed by atoms with Crippen LogP contribution in [0.1, 0.15) is 11.1 Å². The van der Waals surface area contributed by atoms with E-state index >= 15 is 0 Å². The highest BCUT2D eigenvalue weighted by Gasteiger charge is 2.21. The summed E-state index contributed by atoms with van der Waals surface area (Å²) in [5, 5.41) is 28.1. The minimum Gasteiger partial charge on any atom is -0.455 e. The monoisotopic (exact) mass is 717 g/mol. The fourth-order valence-electron chi connectivity index (χ4n) is 8.40. The van der Waals surface area contributed by atoms with Crippen LogP contribution in [0.4, 0.5) is 0 Å². The predicted octanol–water partition coefficient (Wildman–Crippen LogP) is 13.8. The normalized spacial score (nSPS) is 11.6. The quantitative estimate of drug-likeness (QED) is 0.182. The zero-order valence-electron chi connectivity index (χ0n) is 29.2. The number of rotatable bonds is 4. The Balaban J connectivity index is 1.22. The topological polar surface area (TPSA) is 65.7 Å². The van der Waals surface area contributed by atoms with Gasteiger partial charge in [0.2, 0.25) is 0 Å². The van der Waals surface area contributed by atoms with E-state index in [4.69, 9.17) is 4.42 Å². The second-order valence-electron chi connectivity index (χ2n) is 13.9. The molecule has 0 fully saturated rings. The van der Waals surface area contributed by atoms with E-state index in [0.29, 0.717) is 16.7 Å². The Hall–Kier alpha value is -7.44. The van der Waals surface area contributed by atoms with Gasteiger partial charge in [0.05, 0.1) is 39.7 Å². The third-order valence-corrected chi connectivity index (χ3v) is 12.0. The molecule has 0 aliphatic rings. The number of para-hydroxylation sites is 2. The van der Waals surface area contributed by atoms with E-state index in [1.165, 1.54) is 20.2 Å². The van der Waals surface area contributed by atoms with Crippen LogP contribution < -0.4 is 0 Å². The van der Waals surface area contributed by atoms with Gasteiger partial charge in [-0.25, -0.2) is 0 Å². The first-order valence-corrected chi connectivity index (χ1v) is 18.9. The molecule has 0 saturated heterocycles. The van der Waals surface area contributed by atoms with Crippen molar-refractivity contribution in [1.29, 1.82) is 10.5 Å². The van der Waals surface area contributed by atoms with E-state index in [1.54, 1.807) is 11.3 Å². The predicted molar refractivity (Wildman–Crippen MR) is 227 cm³/mol. The molecule has 0 amide bonds. The molecule has 0 aliphatic heterocycles. The number of nitriles is 2. The van der Waals surface area contributed by atoms with Crippen molar-refractivity contribution in [2.45, 2.75) is 0 Å². The van der Waals surface area contributed by atoms with E-state index < -0.39 is 0 Å². The summed E-state index contributed by atoms with van der Waals surface area (Å²) in [4.78, 5) is 0. The van der Waals surface area contributed by atoms with E-state index in [1.807, 2.05) is 60.7 Å². The lowest BCUT2D eigenvalue weighted by Gasteiger charge is -2.16. The van der Waals surface area contributed by atoms with Crippen molar-refractivity contribution in [3.05, 3.63) is 175 Å². The molecule has 0 atom stereocenters. The highest BCUT2D eigenvalue weighted by molar-refractivity contribution is 7.25. The third kappa shape index (κ3) is 4.75. The number of furan rings is 1. The number of benzene rings is 8. The summed E-state index contributed by atoms with van der Waals surface area (Å²) >= 11 is 1.80. The second kappa shape index (κ2) is 12.0. The molecule has 8 aromatic carbocycles. The van der Waals surface area contributed by atoms with E-state index in [9.17, 15) is 10.5 Å². The second-order valence-corrected chi connectivity index (χ2v) is 15.0. The number of nitrogens with zero attached hydrogens (tertiary/aromatic N) is 3. The highest BCUT2D eigenvalue weighted by Crippen LogP contribution is 2.43. The molecule has 4 nitrogen and oxygen atoms in total. The molecule has 0 bridgehead atoms. The summed E-state index contributed by atoms with van der Waals surface area (Å²) < 4.78 is 11.4. The van der Waals surface area contributed by atoms with Crippen molar-refractivity contribution in [3.8, 4) is 51.2 Å². The maximum Gasteiger partial charge on any atom is 0.145 e. The van der Waals surface area contributed by atoms with Gasteiger partial charge in [0, 0.05) is 47.6 Å². The van der Waals surface area contributed by atoms with Gasteiger partial charge in [-0.1, -0.05) is 91.0 Å². The van der Waals surface area contributed by atoms with Gasteiger partial charge < -0.3 is 8.98 Å². The lowest BCUT2D eigenvalue weighted by atomic mass is 9.89. The average molecular weight is 718 g/mol. The van der Waals surface area contributed by atoms with Crippen LogP contribution in [0.3, 0.4) is 0 Å². The van der Waals surface area contributed by atoms with E-state index in [0.717, 1.165) is 77.2 Å². The van der Waals surface area contributed by atoms with Crippen LogP contribution in [0.15, 0.2) is 168 Å². The number of hydrogen-bond acceptors (Lipinski definition) is 4. The first-order valence-electron chi connectivity index (χ1n) is 18.1. The van der Waals surface area contributed by atoms with Crippen molar-refractivity contribution < 1.29 is 4.42 Å². The maximum atomic E-state index is 10.7. The van der Waals surface area contributed by atoms with Gasteiger partial charge in [0.15, 0.2) is 0 Å². The number of hydrogen-bond donors (Lipinski definition) is 0. The lowest BCUT2D eigenvalue weighted by molar-refractivity contribution is 0.673. The molecule has 0 radical (unpaired) electrons. The molecule has 55 heavy (non-hydrogen) atoms. The molecular formula is C50H27N3OS.